The maximum Gasteiger partial charge on any atom is 0.428 e. The van der Waals surface area contributed by atoms with Crippen LogP contribution >= 0.6 is 24.0 Å². The number of alkyl halides is 3. The van der Waals surface area contributed by atoms with Gasteiger partial charge in [-0.1, -0.05) is 65.6 Å². The summed E-state index contributed by atoms with van der Waals surface area (Å²) in [4.78, 5) is 0. The van der Waals surface area contributed by atoms with Crippen LogP contribution in [0.5, 0.6) is 0 Å². The Morgan fingerprint density at radius 3 is 2.28 bits per heavy atom. The summed E-state index contributed by atoms with van der Waals surface area (Å²) in [5.74, 6) is 4.43. The van der Waals surface area contributed by atoms with Crippen molar-refractivity contribution in [3.8, 4) is 0 Å². The monoisotopic (exact) mass is 546 g/mol. The molecule has 0 N–H and O–H groups in total. The summed E-state index contributed by atoms with van der Waals surface area (Å²) in [5.41, 5.74) is -1.69. The molecule has 4 fully saturated rings. The zero-order chi connectivity index (χ0) is 26.5. The third kappa shape index (κ3) is 5.02. The molecule has 1 unspecified atom stereocenters. The Morgan fingerprint density at radius 2 is 1.64 bits per heavy atom. The molecule has 4 rings (SSSR count). The van der Waals surface area contributed by atoms with Gasteiger partial charge in [-0.2, -0.15) is 13.2 Å². The van der Waals surface area contributed by atoms with E-state index in [0.717, 1.165) is 48.3 Å². The van der Waals surface area contributed by atoms with Crippen LogP contribution in [-0.2, 0) is 4.74 Å². The lowest BCUT2D eigenvalue weighted by Crippen LogP contribution is -2.60. The van der Waals surface area contributed by atoms with Gasteiger partial charge in [-0.15, -0.1) is 0 Å². The van der Waals surface area contributed by atoms with Gasteiger partial charge < -0.3 is 4.74 Å². The summed E-state index contributed by atoms with van der Waals surface area (Å²) >= 11 is 6.23. The molecule has 1 nitrogen and oxygen atoms in total. The number of ether oxygens (including phenoxy) is 1. The number of thioether (sulfide) groups is 1. The van der Waals surface area contributed by atoms with Crippen LogP contribution in [-0.4, -0.2) is 22.4 Å². The highest BCUT2D eigenvalue weighted by Gasteiger charge is 2.67. The summed E-state index contributed by atoms with van der Waals surface area (Å²) in [6.07, 6.45) is 9.19. The van der Waals surface area contributed by atoms with Gasteiger partial charge in [0.15, 0.2) is 0 Å². The van der Waals surface area contributed by atoms with Crippen LogP contribution < -0.4 is 0 Å². The SMILES string of the molecule is CSC(=S)O[C@@]1(C(F)(F)F)CC[C@@]2(C)C(CC[C@H]3[C@@H]4CC[C@H]([C@H](C)CCCC(C)C)[C@@]4(C)CC[C@@H]32)C1. The molecule has 0 heterocycles. The first-order valence-corrected chi connectivity index (χ1v) is 16.2. The van der Waals surface area contributed by atoms with Gasteiger partial charge in [0.05, 0.1) is 0 Å². The van der Waals surface area contributed by atoms with E-state index in [4.69, 9.17) is 17.0 Å². The zero-order valence-electron chi connectivity index (χ0n) is 23.4. The first-order chi connectivity index (χ1) is 16.8. The minimum atomic E-state index is -4.39. The normalized spacial score (nSPS) is 43.4. The van der Waals surface area contributed by atoms with Crippen LogP contribution in [0.3, 0.4) is 0 Å². The molecule has 0 bridgehead atoms. The van der Waals surface area contributed by atoms with Gasteiger partial charge in [-0.05, 0) is 129 Å². The highest BCUT2D eigenvalue weighted by molar-refractivity contribution is 8.22. The van der Waals surface area contributed by atoms with Crippen LogP contribution in [0.15, 0.2) is 0 Å². The Balaban J connectivity index is 1.49. The molecule has 4 aliphatic rings. The second-order valence-corrected chi connectivity index (χ2v) is 15.3. The molecule has 0 aromatic carbocycles. The van der Waals surface area contributed by atoms with Gasteiger partial charge in [-0.25, -0.2) is 0 Å². The van der Waals surface area contributed by atoms with Crippen molar-refractivity contribution in [2.75, 3.05) is 6.26 Å². The summed E-state index contributed by atoms with van der Waals surface area (Å²) in [5, 5.41) is 0. The molecular formula is C30H49F3OS2. The first kappa shape index (κ1) is 29.0. The van der Waals surface area contributed by atoms with Gasteiger partial charge >= 0.3 is 6.18 Å². The van der Waals surface area contributed by atoms with Crippen LogP contribution in [0.25, 0.3) is 0 Å². The predicted octanol–water partition coefficient (Wildman–Crippen LogP) is 10.1. The predicted molar refractivity (Wildman–Crippen MR) is 149 cm³/mol. The Labute approximate surface area is 227 Å². The van der Waals surface area contributed by atoms with E-state index in [2.05, 4.69) is 34.6 Å². The molecule has 208 valence electrons. The van der Waals surface area contributed by atoms with E-state index >= 15 is 0 Å². The number of thiocarbonyl (C=S) groups is 1. The van der Waals surface area contributed by atoms with Crippen molar-refractivity contribution in [3.63, 3.8) is 0 Å². The number of halogens is 3. The smallest absolute Gasteiger partial charge is 0.428 e. The lowest BCUT2D eigenvalue weighted by atomic mass is 9.43. The number of hydrogen-bond donors (Lipinski definition) is 0. The fourth-order valence-electron chi connectivity index (χ4n) is 9.86. The van der Waals surface area contributed by atoms with Crippen LogP contribution in [0.2, 0.25) is 0 Å². The molecule has 9 atom stereocenters. The van der Waals surface area contributed by atoms with Crippen molar-refractivity contribution in [3.05, 3.63) is 0 Å². The number of fused-ring (bicyclic) bond motifs is 5. The Bertz CT molecular complexity index is 800. The summed E-state index contributed by atoms with van der Waals surface area (Å²) in [6.45, 7) is 12.1. The third-order valence-corrected chi connectivity index (χ3v) is 12.9. The molecule has 0 aromatic heterocycles. The van der Waals surface area contributed by atoms with E-state index < -0.39 is 11.8 Å². The Hall–Kier alpha value is 0.0300. The second kappa shape index (κ2) is 10.5. The lowest BCUT2D eigenvalue weighted by molar-refractivity contribution is -0.282. The van der Waals surface area contributed by atoms with Gasteiger partial charge in [0.25, 0.3) is 0 Å². The molecular weight excluding hydrogens is 497 g/mol. The fraction of sp³-hybridized carbons (Fsp3) is 0.967. The summed E-state index contributed by atoms with van der Waals surface area (Å²) in [6, 6.07) is 0. The van der Waals surface area contributed by atoms with Gasteiger partial charge in [0.2, 0.25) is 9.98 Å². The summed E-state index contributed by atoms with van der Waals surface area (Å²) < 4.78 is 48.8. The van der Waals surface area contributed by atoms with E-state index in [1.807, 2.05) is 0 Å². The lowest BCUT2D eigenvalue weighted by Gasteiger charge is -2.62. The van der Waals surface area contributed by atoms with Crippen molar-refractivity contribution in [1.29, 1.82) is 0 Å². The van der Waals surface area contributed by atoms with E-state index in [1.54, 1.807) is 6.26 Å². The molecule has 0 aliphatic heterocycles. The Kier molecular flexibility index (Phi) is 8.50. The maximum atomic E-state index is 14.4. The van der Waals surface area contributed by atoms with Crippen molar-refractivity contribution < 1.29 is 17.9 Å². The van der Waals surface area contributed by atoms with Crippen LogP contribution in [0.4, 0.5) is 13.2 Å². The fourth-order valence-corrected chi connectivity index (χ4v) is 10.3. The quantitative estimate of drug-likeness (QED) is 0.307. The maximum absolute atomic E-state index is 14.4. The van der Waals surface area contributed by atoms with E-state index in [1.165, 1.54) is 44.9 Å². The molecule has 6 heteroatoms. The second-order valence-electron chi connectivity index (χ2n) is 13.9. The third-order valence-electron chi connectivity index (χ3n) is 11.9. The molecule has 4 aliphatic carbocycles. The Morgan fingerprint density at radius 1 is 0.944 bits per heavy atom. The van der Waals surface area contributed by atoms with E-state index in [9.17, 15) is 13.2 Å². The minimum absolute atomic E-state index is 0.00962. The zero-order valence-corrected chi connectivity index (χ0v) is 25.0. The van der Waals surface area contributed by atoms with Crippen molar-refractivity contribution >= 4 is 28.4 Å². The average molecular weight is 547 g/mol. The topological polar surface area (TPSA) is 9.23 Å². The molecule has 0 spiro atoms. The van der Waals surface area contributed by atoms with Crippen molar-refractivity contribution in [2.24, 2.45) is 52.3 Å². The van der Waals surface area contributed by atoms with Gasteiger partial charge in [0.1, 0.15) is 0 Å². The van der Waals surface area contributed by atoms with Gasteiger partial charge in [0, 0.05) is 0 Å². The van der Waals surface area contributed by atoms with Crippen LogP contribution in [0.1, 0.15) is 112 Å². The molecule has 0 amide bonds. The number of rotatable bonds is 6. The van der Waals surface area contributed by atoms with Crippen molar-refractivity contribution in [2.45, 2.75) is 123 Å². The minimum Gasteiger partial charge on any atom is -0.462 e. The molecule has 0 saturated heterocycles. The average Bonchev–Trinajstić information content (AvgIpc) is 3.15. The molecule has 36 heavy (non-hydrogen) atoms. The van der Waals surface area contributed by atoms with E-state index in [0.29, 0.717) is 23.7 Å². The van der Waals surface area contributed by atoms with Crippen LogP contribution in [0, 0.1) is 52.3 Å². The summed E-state index contributed by atoms with van der Waals surface area (Å²) in [7, 11) is 0. The highest BCUT2D eigenvalue weighted by atomic mass is 32.2. The molecule has 0 aromatic rings. The largest absolute Gasteiger partial charge is 0.462 e. The molecule has 4 saturated carbocycles. The van der Waals surface area contributed by atoms with Gasteiger partial charge in [-0.3, -0.25) is 0 Å². The first-order valence-electron chi connectivity index (χ1n) is 14.6. The van der Waals surface area contributed by atoms with E-state index in [-0.39, 0.29) is 28.6 Å². The molecule has 0 radical (unpaired) electrons. The number of hydrogen-bond acceptors (Lipinski definition) is 3. The highest BCUT2D eigenvalue weighted by Crippen LogP contribution is 2.69. The standard InChI is InChI=1S/C30H49F3OS2/c1-19(2)8-7-9-20(3)23-12-13-24-22-11-10-21-18-29(30(31,32)33,34-26(35)36-6)17-16-27(21,4)25(22)14-15-28(23,24)5/h19-25H,7-18H2,1-6H3/t20-,21?,22+,23-,24+,25+,27+,28-,29+/m1/s1. The van der Waals surface area contributed by atoms with Crippen molar-refractivity contribution in [1.82, 2.24) is 0 Å².